The van der Waals surface area contributed by atoms with Crippen LogP contribution in [-0.4, -0.2) is 70.8 Å². The van der Waals surface area contributed by atoms with E-state index in [1.54, 1.807) is 0 Å². The summed E-state index contributed by atoms with van der Waals surface area (Å²) in [5, 5.41) is 4.71. The fourth-order valence-electron chi connectivity index (χ4n) is 5.50. The van der Waals surface area contributed by atoms with Gasteiger partial charge in [0.15, 0.2) is 5.69 Å². The van der Waals surface area contributed by atoms with Crippen LogP contribution >= 0.6 is 23.5 Å². The fourth-order valence-corrected chi connectivity index (χ4v) is 8.96. The first-order chi connectivity index (χ1) is 16.9. The number of aromatic nitrogens is 2. The molecule has 0 radical (unpaired) electrons. The number of hydrogen-bond acceptors (Lipinski definition) is 7. The van der Waals surface area contributed by atoms with Crippen molar-refractivity contribution in [3.63, 3.8) is 0 Å². The van der Waals surface area contributed by atoms with Gasteiger partial charge in [0.1, 0.15) is 10.6 Å². The molecule has 2 saturated heterocycles. The van der Waals surface area contributed by atoms with E-state index in [1.807, 2.05) is 40.0 Å². The Bertz CT molecular complexity index is 1120. The summed E-state index contributed by atoms with van der Waals surface area (Å²) in [7, 11) is 0. The minimum Gasteiger partial charge on any atom is -0.461 e. The Kier molecular flexibility index (Phi) is 7.08. The Morgan fingerprint density at radius 1 is 1.11 bits per heavy atom. The third kappa shape index (κ3) is 4.57. The molecule has 1 aliphatic carbocycles. The highest BCUT2D eigenvalue weighted by atomic mass is 32.2. The van der Waals surface area contributed by atoms with Crippen LogP contribution in [0.4, 0.5) is 5.69 Å². The molecule has 7 nitrogen and oxygen atoms in total. The molecule has 9 heteroatoms. The number of piperazine rings is 1. The number of hydrogen-bond donors (Lipinski definition) is 0. The topological polar surface area (TPSA) is 67.7 Å². The molecule has 0 saturated carbocycles. The van der Waals surface area contributed by atoms with Crippen LogP contribution in [0.3, 0.4) is 0 Å². The maximum atomic E-state index is 13.4. The summed E-state index contributed by atoms with van der Waals surface area (Å²) in [6.07, 6.45) is 2.89. The molecule has 5 rings (SSSR count). The van der Waals surface area contributed by atoms with Gasteiger partial charge in [0, 0.05) is 48.9 Å². The van der Waals surface area contributed by atoms with Crippen molar-refractivity contribution in [2.75, 3.05) is 49.2 Å². The fraction of sp³-hybridized carbons (Fsp3) is 0.577. The third-order valence-corrected chi connectivity index (χ3v) is 10.9. The molecule has 2 fully saturated rings. The zero-order valence-electron chi connectivity index (χ0n) is 20.8. The molecule has 1 aromatic carbocycles. The Balaban J connectivity index is 1.35. The van der Waals surface area contributed by atoms with Crippen molar-refractivity contribution in [3.05, 3.63) is 46.3 Å². The first kappa shape index (κ1) is 24.6. The molecule has 1 aromatic heterocycles. The van der Waals surface area contributed by atoms with Gasteiger partial charge in [-0.25, -0.2) is 4.79 Å². The molecule has 188 valence electrons. The van der Waals surface area contributed by atoms with Gasteiger partial charge in [-0.1, -0.05) is 12.1 Å². The van der Waals surface area contributed by atoms with Gasteiger partial charge in [0.2, 0.25) is 5.91 Å². The zero-order valence-corrected chi connectivity index (χ0v) is 22.5. The normalized spacial score (nSPS) is 19.2. The molecule has 0 bridgehead atoms. The molecule has 1 amide bonds. The molecule has 35 heavy (non-hydrogen) atoms. The lowest BCUT2D eigenvalue weighted by Gasteiger charge is -2.37. The number of ether oxygens (including phenoxy) is 1. The summed E-state index contributed by atoms with van der Waals surface area (Å²) in [5.74, 6) is 1.86. The molecule has 3 aliphatic rings. The second kappa shape index (κ2) is 10.1. The van der Waals surface area contributed by atoms with Crippen molar-refractivity contribution in [2.45, 2.75) is 50.7 Å². The van der Waals surface area contributed by atoms with E-state index in [1.165, 1.54) is 16.8 Å². The molecule has 2 aliphatic heterocycles. The number of carbonyl (C=O) groups is 2. The number of anilines is 1. The SMILES string of the molecule is CCOC(=O)c1nn(CC(=O)N2CCN(c3cccc(C)c3C)CC2)c2c1CCCC21SCCS1. The number of carbonyl (C=O) groups excluding carboxylic acids is 2. The molecular weight excluding hydrogens is 480 g/mol. The van der Waals surface area contributed by atoms with Crippen molar-refractivity contribution < 1.29 is 14.3 Å². The van der Waals surface area contributed by atoms with Crippen LogP contribution in [0.25, 0.3) is 0 Å². The van der Waals surface area contributed by atoms with E-state index in [9.17, 15) is 9.59 Å². The van der Waals surface area contributed by atoms with Crippen LogP contribution < -0.4 is 4.90 Å². The van der Waals surface area contributed by atoms with Crippen molar-refractivity contribution in [3.8, 4) is 0 Å². The number of aryl methyl sites for hydroxylation is 1. The predicted octanol–water partition coefficient (Wildman–Crippen LogP) is 3.99. The summed E-state index contributed by atoms with van der Waals surface area (Å²) in [6.45, 7) is 9.62. The molecule has 3 heterocycles. The highest BCUT2D eigenvalue weighted by Gasteiger charge is 2.46. The van der Waals surface area contributed by atoms with Crippen molar-refractivity contribution in [1.82, 2.24) is 14.7 Å². The predicted molar refractivity (Wildman–Crippen MR) is 142 cm³/mol. The number of esters is 1. The summed E-state index contributed by atoms with van der Waals surface area (Å²) in [4.78, 5) is 30.5. The number of nitrogens with zero attached hydrogens (tertiary/aromatic N) is 4. The number of benzene rings is 1. The van der Waals surface area contributed by atoms with E-state index >= 15 is 0 Å². The van der Waals surface area contributed by atoms with Gasteiger partial charge in [-0.3, -0.25) is 9.48 Å². The van der Waals surface area contributed by atoms with Gasteiger partial charge in [-0.05, 0) is 57.2 Å². The quantitative estimate of drug-likeness (QED) is 0.559. The van der Waals surface area contributed by atoms with Crippen LogP contribution in [0.2, 0.25) is 0 Å². The molecule has 2 aromatic rings. The molecular formula is C26H34N4O3S2. The number of thioether (sulfide) groups is 2. The minimum absolute atomic E-state index is 0.0695. The first-order valence-corrected chi connectivity index (χ1v) is 14.5. The van der Waals surface area contributed by atoms with Crippen molar-refractivity contribution in [2.24, 2.45) is 0 Å². The lowest BCUT2D eigenvalue weighted by molar-refractivity contribution is -0.132. The van der Waals surface area contributed by atoms with E-state index in [0.29, 0.717) is 25.4 Å². The average Bonchev–Trinajstić information content (AvgIpc) is 3.47. The van der Waals surface area contributed by atoms with E-state index in [2.05, 4.69) is 36.9 Å². The summed E-state index contributed by atoms with van der Waals surface area (Å²) >= 11 is 3.88. The summed E-state index contributed by atoms with van der Waals surface area (Å²) in [5.41, 5.74) is 6.32. The van der Waals surface area contributed by atoms with Crippen molar-refractivity contribution in [1.29, 1.82) is 0 Å². The highest BCUT2D eigenvalue weighted by Crippen LogP contribution is 2.58. The largest absolute Gasteiger partial charge is 0.461 e. The number of fused-ring (bicyclic) bond motifs is 2. The van der Waals surface area contributed by atoms with Crippen molar-refractivity contribution >= 4 is 41.1 Å². The van der Waals surface area contributed by atoms with E-state index in [4.69, 9.17) is 9.84 Å². The van der Waals surface area contributed by atoms with Gasteiger partial charge in [0.05, 0.1) is 12.3 Å². The number of amides is 1. The van der Waals surface area contributed by atoms with Crippen LogP contribution in [-0.2, 0) is 26.6 Å². The zero-order chi connectivity index (χ0) is 24.6. The minimum atomic E-state index is -0.373. The van der Waals surface area contributed by atoms with Gasteiger partial charge < -0.3 is 14.5 Å². The lowest BCUT2D eigenvalue weighted by atomic mass is 9.94. The Morgan fingerprint density at radius 3 is 2.57 bits per heavy atom. The Labute approximate surface area is 215 Å². The molecule has 0 unspecified atom stereocenters. The first-order valence-electron chi connectivity index (χ1n) is 12.6. The summed E-state index contributed by atoms with van der Waals surface area (Å²) < 4.78 is 7.06. The molecule has 0 N–H and O–H groups in total. The Hall–Kier alpha value is -2.13. The van der Waals surface area contributed by atoms with E-state index in [0.717, 1.165) is 55.1 Å². The van der Waals surface area contributed by atoms with Gasteiger partial charge in [-0.15, -0.1) is 23.5 Å². The lowest BCUT2D eigenvalue weighted by Crippen LogP contribution is -2.50. The second-order valence-electron chi connectivity index (χ2n) is 9.44. The van der Waals surface area contributed by atoms with Crippen LogP contribution in [0.5, 0.6) is 0 Å². The monoisotopic (exact) mass is 514 g/mol. The van der Waals surface area contributed by atoms with Crippen LogP contribution in [0.1, 0.15) is 52.6 Å². The van der Waals surface area contributed by atoms with E-state index in [-0.39, 0.29) is 22.5 Å². The standard InChI is InChI=1S/C26H34N4O3S2/c1-4-33-25(32)23-20-8-6-10-26(34-15-16-35-26)24(20)30(27-23)17-22(31)29-13-11-28(12-14-29)21-9-5-7-18(2)19(21)3/h5,7,9H,4,6,8,10-17H2,1-3H3. The number of rotatable bonds is 5. The third-order valence-electron chi connectivity index (χ3n) is 7.40. The molecule has 1 spiro atoms. The van der Waals surface area contributed by atoms with Crippen LogP contribution in [0.15, 0.2) is 18.2 Å². The maximum Gasteiger partial charge on any atom is 0.359 e. The highest BCUT2D eigenvalue weighted by molar-refractivity contribution is 8.20. The molecule has 0 atom stereocenters. The second-order valence-corrected chi connectivity index (χ2v) is 12.5. The van der Waals surface area contributed by atoms with Gasteiger partial charge >= 0.3 is 5.97 Å². The van der Waals surface area contributed by atoms with Gasteiger partial charge in [-0.2, -0.15) is 5.10 Å². The maximum absolute atomic E-state index is 13.4. The van der Waals surface area contributed by atoms with Gasteiger partial charge in [0.25, 0.3) is 0 Å². The average molecular weight is 515 g/mol. The Morgan fingerprint density at radius 2 is 1.86 bits per heavy atom. The smallest absolute Gasteiger partial charge is 0.359 e. The van der Waals surface area contributed by atoms with E-state index < -0.39 is 0 Å². The summed E-state index contributed by atoms with van der Waals surface area (Å²) in [6, 6.07) is 6.41. The van der Waals surface area contributed by atoms with Crippen LogP contribution in [0, 0.1) is 13.8 Å².